The number of ether oxygens (including phenoxy) is 1. The summed E-state index contributed by atoms with van der Waals surface area (Å²) in [7, 11) is 3.25. The van der Waals surface area contributed by atoms with E-state index in [0.717, 1.165) is 17.1 Å². The van der Waals surface area contributed by atoms with E-state index < -0.39 is 0 Å². The molecule has 0 unspecified atom stereocenters. The number of carbonyl (C=O) groups excluding carboxylic acids is 1. The maximum atomic E-state index is 8.00. The maximum absolute atomic E-state index is 8.00. The third-order valence-electron chi connectivity index (χ3n) is 2.47. The molecule has 0 radical (unpaired) electrons. The van der Waals surface area contributed by atoms with Crippen LogP contribution in [0.2, 0.25) is 0 Å². The third-order valence-corrected chi connectivity index (χ3v) is 2.47. The zero-order chi connectivity index (χ0) is 21.7. The number of anilines is 3. The number of nitrogens with one attached hydrogen (secondary N) is 1. The number of aryl methyl sites for hydroxylation is 1. The smallest absolute Gasteiger partial charge is 0.133 e. The van der Waals surface area contributed by atoms with Crippen LogP contribution in [-0.2, 0) is 9.53 Å². The number of nitrogens with zero attached hydrogens (tertiary/aromatic N) is 1. The Balaban J connectivity index is -0.000000491. The molecule has 0 atom stereocenters. The van der Waals surface area contributed by atoms with Crippen molar-refractivity contribution in [2.45, 2.75) is 41.0 Å². The van der Waals surface area contributed by atoms with Gasteiger partial charge >= 0.3 is 0 Å². The van der Waals surface area contributed by atoms with Gasteiger partial charge in [-0.15, -0.1) is 0 Å². The van der Waals surface area contributed by atoms with Gasteiger partial charge in [0.1, 0.15) is 18.4 Å². The molecule has 0 fully saturated rings. The number of nitrogens with two attached hydrogens (primary N) is 1. The minimum atomic E-state index is 0.484. The van der Waals surface area contributed by atoms with Crippen LogP contribution < -0.4 is 11.1 Å². The van der Waals surface area contributed by atoms with Crippen molar-refractivity contribution >= 4 is 30.2 Å². The molecule has 2 rings (SSSR count). The van der Waals surface area contributed by atoms with Gasteiger partial charge in [0.15, 0.2) is 0 Å². The standard InChI is InChI=1S/C14H15N3.C3H8.C2H6O.C2H6.CH2O/c1-3-11-7-8-13(17-14(11)15)16-12-6-4-5-10(2)9-12;2*1-3-2;2*1-2/h3-9H,1H2,2H3,(H3,15,16,17);3H2,1-2H3;1-2H3;1-2H3;1H2. The van der Waals surface area contributed by atoms with E-state index in [4.69, 9.17) is 10.5 Å². The Labute approximate surface area is 165 Å². The highest BCUT2D eigenvalue weighted by molar-refractivity contribution is 5.65. The first kappa shape index (κ1) is 29.1. The molecule has 3 N–H and O–H groups in total. The molecule has 0 aliphatic heterocycles. The molecule has 1 aromatic heterocycles. The van der Waals surface area contributed by atoms with Crippen molar-refractivity contribution in [3.8, 4) is 0 Å². The highest BCUT2D eigenvalue weighted by atomic mass is 16.4. The van der Waals surface area contributed by atoms with Crippen LogP contribution in [0.1, 0.15) is 45.2 Å². The van der Waals surface area contributed by atoms with Crippen molar-refractivity contribution in [2.75, 3.05) is 25.3 Å². The molecule has 0 aliphatic rings. The molecule has 0 bridgehead atoms. The van der Waals surface area contributed by atoms with Gasteiger partial charge in [0.05, 0.1) is 0 Å². The molecule has 5 nitrogen and oxygen atoms in total. The fraction of sp³-hybridized carbons (Fsp3) is 0.364. The summed E-state index contributed by atoms with van der Waals surface area (Å²) in [6, 6.07) is 11.9. The first-order valence-electron chi connectivity index (χ1n) is 8.93. The maximum Gasteiger partial charge on any atom is 0.133 e. The number of benzene rings is 1. The van der Waals surface area contributed by atoms with E-state index in [9.17, 15) is 0 Å². The van der Waals surface area contributed by atoms with E-state index in [1.54, 1.807) is 20.3 Å². The summed E-state index contributed by atoms with van der Waals surface area (Å²) in [5.74, 6) is 1.22. The first-order valence-corrected chi connectivity index (χ1v) is 8.93. The predicted molar refractivity (Wildman–Crippen MR) is 121 cm³/mol. The van der Waals surface area contributed by atoms with Gasteiger partial charge in [0.2, 0.25) is 0 Å². The zero-order valence-electron chi connectivity index (χ0n) is 18.0. The van der Waals surface area contributed by atoms with E-state index in [2.05, 4.69) is 41.5 Å². The highest BCUT2D eigenvalue weighted by Gasteiger charge is 2.00. The van der Waals surface area contributed by atoms with Gasteiger partial charge in [0, 0.05) is 25.5 Å². The normalized spacial score (nSPS) is 7.96. The molecular weight excluding hydrogens is 338 g/mol. The van der Waals surface area contributed by atoms with Gasteiger partial charge in [-0.1, -0.05) is 58.9 Å². The monoisotopic (exact) mass is 375 g/mol. The summed E-state index contributed by atoms with van der Waals surface area (Å²) in [4.78, 5) is 12.3. The van der Waals surface area contributed by atoms with Crippen LogP contribution in [0.4, 0.5) is 17.3 Å². The molecular formula is C22H37N3O2. The molecule has 1 aromatic carbocycles. The minimum Gasteiger partial charge on any atom is -0.388 e. The van der Waals surface area contributed by atoms with Crippen molar-refractivity contribution in [2.24, 2.45) is 0 Å². The summed E-state index contributed by atoms with van der Waals surface area (Å²) in [6.45, 7) is 16.0. The Morgan fingerprint density at radius 2 is 1.67 bits per heavy atom. The lowest BCUT2D eigenvalue weighted by atomic mass is 10.2. The number of nitrogen functional groups attached to an aromatic ring is 1. The fourth-order valence-corrected chi connectivity index (χ4v) is 1.60. The van der Waals surface area contributed by atoms with Gasteiger partial charge in [-0.25, -0.2) is 4.98 Å². The van der Waals surface area contributed by atoms with Crippen LogP contribution in [0.25, 0.3) is 6.08 Å². The predicted octanol–water partition coefficient (Wildman–Crippen LogP) is 5.88. The number of rotatable bonds is 3. The van der Waals surface area contributed by atoms with Crippen LogP contribution in [-0.4, -0.2) is 26.0 Å². The molecule has 152 valence electrons. The van der Waals surface area contributed by atoms with Gasteiger partial charge < -0.3 is 20.6 Å². The second kappa shape index (κ2) is 21.4. The molecule has 0 saturated carbocycles. The molecule has 1 heterocycles. The van der Waals surface area contributed by atoms with Crippen molar-refractivity contribution in [3.05, 3.63) is 54.1 Å². The van der Waals surface area contributed by atoms with E-state index >= 15 is 0 Å². The van der Waals surface area contributed by atoms with Crippen molar-refractivity contribution < 1.29 is 9.53 Å². The Kier molecular flexibility index (Phi) is 23.1. The Hall–Kier alpha value is -2.66. The lowest BCUT2D eigenvalue weighted by Crippen LogP contribution is -1.99. The second-order valence-corrected chi connectivity index (χ2v) is 4.98. The molecule has 2 aromatic rings. The molecule has 5 heteroatoms. The van der Waals surface area contributed by atoms with Gasteiger partial charge in [-0.3, -0.25) is 0 Å². The Bertz CT molecular complexity index is 600. The quantitative estimate of drug-likeness (QED) is 0.700. The number of hydrogen-bond acceptors (Lipinski definition) is 5. The molecule has 0 amide bonds. The summed E-state index contributed by atoms with van der Waals surface area (Å²) < 4.78 is 4.25. The van der Waals surface area contributed by atoms with Gasteiger partial charge in [-0.2, -0.15) is 0 Å². The van der Waals surface area contributed by atoms with Crippen LogP contribution in [0.5, 0.6) is 0 Å². The van der Waals surface area contributed by atoms with Gasteiger partial charge in [-0.05, 0) is 36.8 Å². The minimum absolute atomic E-state index is 0.484. The molecule has 27 heavy (non-hydrogen) atoms. The van der Waals surface area contributed by atoms with Crippen molar-refractivity contribution in [1.29, 1.82) is 0 Å². The Morgan fingerprint density at radius 1 is 1.15 bits per heavy atom. The summed E-state index contributed by atoms with van der Waals surface area (Å²) in [5.41, 5.74) is 8.84. The van der Waals surface area contributed by atoms with Crippen LogP contribution in [0, 0.1) is 6.92 Å². The molecule has 0 saturated heterocycles. The average molecular weight is 376 g/mol. The lowest BCUT2D eigenvalue weighted by molar-refractivity contribution is -0.0979. The number of aromatic nitrogens is 1. The summed E-state index contributed by atoms with van der Waals surface area (Å²) >= 11 is 0. The van der Waals surface area contributed by atoms with Crippen LogP contribution >= 0.6 is 0 Å². The second-order valence-electron chi connectivity index (χ2n) is 4.98. The number of pyridine rings is 1. The van der Waals surface area contributed by atoms with E-state index in [-0.39, 0.29) is 0 Å². The Morgan fingerprint density at radius 3 is 2.07 bits per heavy atom. The summed E-state index contributed by atoms with van der Waals surface area (Å²) in [6.07, 6.45) is 2.94. The average Bonchev–Trinajstić information content (AvgIpc) is 2.67. The molecule has 0 aliphatic carbocycles. The highest BCUT2D eigenvalue weighted by Crippen LogP contribution is 2.19. The van der Waals surface area contributed by atoms with Crippen molar-refractivity contribution in [1.82, 2.24) is 4.98 Å². The number of methoxy groups -OCH3 is 1. The third kappa shape index (κ3) is 15.3. The van der Waals surface area contributed by atoms with Gasteiger partial charge in [0.25, 0.3) is 0 Å². The SMILES string of the molecule is C=Cc1ccc(Nc2cccc(C)c2)nc1N.C=O.CC.CCC.COC. The van der Waals surface area contributed by atoms with E-state index in [1.807, 2.05) is 57.9 Å². The number of hydrogen-bond donors (Lipinski definition) is 2. The number of carbonyl (C=O) groups is 1. The van der Waals surface area contributed by atoms with Crippen molar-refractivity contribution in [3.63, 3.8) is 0 Å². The largest absolute Gasteiger partial charge is 0.388 e. The van der Waals surface area contributed by atoms with Crippen LogP contribution in [0.15, 0.2) is 43.0 Å². The van der Waals surface area contributed by atoms with E-state index in [1.165, 1.54) is 12.0 Å². The zero-order valence-corrected chi connectivity index (χ0v) is 18.0. The van der Waals surface area contributed by atoms with Crippen LogP contribution in [0.3, 0.4) is 0 Å². The fourth-order valence-electron chi connectivity index (χ4n) is 1.60. The first-order chi connectivity index (χ1) is 13.0. The van der Waals surface area contributed by atoms with E-state index in [0.29, 0.717) is 5.82 Å². The topological polar surface area (TPSA) is 77.2 Å². The lowest BCUT2D eigenvalue weighted by Gasteiger charge is -2.08. The molecule has 0 spiro atoms. The summed E-state index contributed by atoms with van der Waals surface area (Å²) in [5, 5.41) is 3.21.